The van der Waals surface area contributed by atoms with E-state index in [0.29, 0.717) is 11.3 Å². The molecule has 2 atom stereocenters. The van der Waals surface area contributed by atoms with Gasteiger partial charge in [0.15, 0.2) is 12.4 Å². The number of anilines is 1. The van der Waals surface area contributed by atoms with E-state index in [4.69, 9.17) is 4.74 Å². The van der Waals surface area contributed by atoms with Crippen LogP contribution in [0.25, 0.3) is 0 Å². The number of ketones is 1. The van der Waals surface area contributed by atoms with E-state index in [0.717, 1.165) is 5.56 Å². The number of likely N-dealkylation sites (tertiary alicyclic amines) is 1. The van der Waals surface area contributed by atoms with Crippen molar-refractivity contribution in [3.8, 4) is 0 Å². The molecule has 30 heavy (non-hydrogen) atoms. The van der Waals surface area contributed by atoms with Gasteiger partial charge in [-0.05, 0) is 36.8 Å². The summed E-state index contributed by atoms with van der Waals surface area (Å²) in [5.41, 5.74) is 1.95. The van der Waals surface area contributed by atoms with E-state index in [9.17, 15) is 19.2 Å². The molecule has 2 amide bonds. The number of nitrogens with zero attached hydrogens (tertiary/aromatic N) is 1. The normalized spacial score (nSPS) is 16.8. The van der Waals surface area contributed by atoms with Crippen LogP contribution in [0.1, 0.15) is 42.2 Å². The van der Waals surface area contributed by atoms with E-state index in [1.54, 1.807) is 29.2 Å². The van der Waals surface area contributed by atoms with Crippen LogP contribution in [-0.2, 0) is 19.1 Å². The van der Waals surface area contributed by atoms with Crippen molar-refractivity contribution in [3.05, 3.63) is 65.7 Å². The molecular formula is C23H24N2O5. The zero-order valence-corrected chi connectivity index (χ0v) is 17.0. The number of benzene rings is 2. The number of amides is 2. The topological polar surface area (TPSA) is 92.8 Å². The number of esters is 1. The molecule has 1 aliphatic rings. The summed E-state index contributed by atoms with van der Waals surface area (Å²) in [6.07, 6.45) is 0.0790. The van der Waals surface area contributed by atoms with Crippen LogP contribution in [0.4, 0.5) is 5.69 Å². The molecule has 1 aliphatic heterocycles. The number of hydrogen-bond donors (Lipinski definition) is 1. The minimum atomic E-state index is -0.585. The lowest BCUT2D eigenvalue weighted by Gasteiger charge is -2.25. The fourth-order valence-electron chi connectivity index (χ4n) is 3.46. The van der Waals surface area contributed by atoms with Crippen LogP contribution in [-0.4, -0.2) is 41.6 Å². The Kier molecular flexibility index (Phi) is 6.61. The number of carbonyl (C=O) groups is 4. The van der Waals surface area contributed by atoms with E-state index >= 15 is 0 Å². The van der Waals surface area contributed by atoms with Crippen LogP contribution in [0.5, 0.6) is 0 Å². The third kappa shape index (κ3) is 5.11. The summed E-state index contributed by atoms with van der Waals surface area (Å²) < 4.78 is 5.18. The molecule has 0 radical (unpaired) electrons. The van der Waals surface area contributed by atoms with Crippen LogP contribution in [0.2, 0.25) is 0 Å². The number of ether oxygens (including phenoxy) is 1. The van der Waals surface area contributed by atoms with Crippen LogP contribution < -0.4 is 5.32 Å². The molecule has 1 heterocycles. The van der Waals surface area contributed by atoms with Gasteiger partial charge in [0.05, 0.1) is 12.0 Å². The second-order valence-electron chi connectivity index (χ2n) is 7.32. The molecular weight excluding hydrogens is 384 g/mol. The van der Waals surface area contributed by atoms with Gasteiger partial charge < -0.3 is 15.0 Å². The van der Waals surface area contributed by atoms with Gasteiger partial charge in [0.25, 0.3) is 0 Å². The first-order valence-corrected chi connectivity index (χ1v) is 9.77. The lowest BCUT2D eigenvalue weighted by molar-refractivity contribution is -0.147. The fraction of sp³-hybridized carbons (Fsp3) is 0.304. The van der Waals surface area contributed by atoms with Crippen molar-refractivity contribution in [2.45, 2.75) is 26.3 Å². The average Bonchev–Trinajstić information content (AvgIpc) is 3.13. The van der Waals surface area contributed by atoms with Gasteiger partial charge >= 0.3 is 5.97 Å². The van der Waals surface area contributed by atoms with Gasteiger partial charge in [0.1, 0.15) is 0 Å². The Balaban J connectivity index is 1.53. The largest absolute Gasteiger partial charge is 0.457 e. The van der Waals surface area contributed by atoms with Gasteiger partial charge in [-0.2, -0.15) is 0 Å². The van der Waals surface area contributed by atoms with E-state index < -0.39 is 18.5 Å². The van der Waals surface area contributed by atoms with Crippen molar-refractivity contribution in [2.24, 2.45) is 5.92 Å². The molecule has 7 nitrogen and oxygen atoms in total. The third-order valence-electron chi connectivity index (χ3n) is 5.11. The zero-order valence-electron chi connectivity index (χ0n) is 17.0. The molecule has 2 aromatic carbocycles. The van der Waals surface area contributed by atoms with E-state index in [1.807, 2.05) is 37.3 Å². The highest BCUT2D eigenvalue weighted by Crippen LogP contribution is 2.29. The summed E-state index contributed by atoms with van der Waals surface area (Å²) >= 11 is 0. The Labute approximate surface area is 175 Å². The first kappa shape index (κ1) is 21.2. The average molecular weight is 408 g/mol. The molecule has 1 fully saturated rings. The quantitative estimate of drug-likeness (QED) is 0.562. The summed E-state index contributed by atoms with van der Waals surface area (Å²) in [6.45, 7) is 3.20. The Bertz CT molecular complexity index is 940. The van der Waals surface area contributed by atoms with Crippen molar-refractivity contribution in [1.29, 1.82) is 0 Å². The van der Waals surface area contributed by atoms with Gasteiger partial charge in [-0.15, -0.1) is 0 Å². The molecule has 0 aromatic heterocycles. The highest BCUT2D eigenvalue weighted by molar-refractivity contribution is 5.99. The van der Waals surface area contributed by atoms with Crippen LogP contribution in [0.15, 0.2) is 54.6 Å². The van der Waals surface area contributed by atoms with Gasteiger partial charge in [0.2, 0.25) is 11.8 Å². The molecule has 2 aromatic rings. The van der Waals surface area contributed by atoms with Crippen LogP contribution >= 0.6 is 0 Å². The van der Waals surface area contributed by atoms with E-state index in [1.165, 1.54) is 6.92 Å². The van der Waals surface area contributed by atoms with Crippen LogP contribution in [0, 0.1) is 5.92 Å². The minimum absolute atomic E-state index is 0.0790. The van der Waals surface area contributed by atoms with Crippen molar-refractivity contribution in [3.63, 3.8) is 0 Å². The SMILES string of the molecule is CC(=O)Nc1ccc(C(=O)COC(=O)[C@H]2CC(=O)N([C@H](C)c3ccccc3)C2)cc1. The van der Waals surface area contributed by atoms with Crippen molar-refractivity contribution < 1.29 is 23.9 Å². The number of hydrogen-bond acceptors (Lipinski definition) is 5. The smallest absolute Gasteiger partial charge is 0.311 e. The second-order valence-corrected chi connectivity index (χ2v) is 7.32. The van der Waals surface area contributed by atoms with E-state index in [2.05, 4.69) is 5.32 Å². The van der Waals surface area contributed by atoms with Gasteiger partial charge in [0, 0.05) is 31.1 Å². The van der Waals surface area contributed by atoms with Gasteiger partial charge in [-0.3, -0.25) is 19.2 Å². The monoisotopic (exact) mass is 408 g/mol. The minimum Gasteiger partial charge on any atom is -0.457 e. The van der Waals surface area contributed by atoms with E-state index in [-0.39, 0.29) is 36.6 Å². The summed E-state index contributed by atoms with van der Waals surface area (Å²) in [5.74, 6) is -1.79. The standard InChI is InChI=1S/C23H24N2O5/c1-15(17-6-4-3-5-7-17)25-13-19(12-22(25)28)23(29)30-14-21(27)18-8-10-20(11-9-18)24-16(2)26/h3-11,15,19H,12-14H2,1-2H3,(H,24,26)/t15-,19+/m1/s1. The van der Waals surface area contributed by atoms with Crippen molar-refractivity contribution in [1.82, 2.24) is 4.90 Å². The van der Waals surface area contributed by atoms with Crippen molar-refractivity contribution in [2.75, 3.05) is 18.5 Å². The third-order valence-corrected chi connectivity index (χ3v) is 5.11. The summed E-state index contributed by atoms with van der Waals surface area (Å²) in [6, 6.07) is 15.8. The number of carbonyl (C=O) groups excluding carboxylic acids is 4. The second kappa shape index (κ2) is 9.35. The lowest BCUT2D eigenvalue weighted by atomic mass is 10.1. The molecule has 156 valence electrons. The van der Waals surface area contributed by atoms with Gasteiger partial charge in [-0.1, -0.05) is 30.3 Å². The fourth-order valence-corrected chi connectivity index (χ4v) is 3.46. The Hall–Kier alpha value is -3.48. The van der Waals surface area contributed by atoms with Crippen LogP contribution in [0.3, 0.4) is 0 Å². The molecule has 0 spiro atoms. The van der Waals surface area contributed by atoms with Gasteiger partial charge in [-0.25, -0.2) is 0 Å². The molecule has 1 saturated heterocycles. The first-order chi connectivity index (χ1) is 14.3. The highest BCUT2D eigenvalue weighted by atomic mass is 16.5. The predicted molar refractivity (Wildman–Crippen MR) is 111 cm³/mol. The molecule has 0 unspecified atom stereocenters. The predicted octanol–water partition coefficient (Wildman–Crippen LogP) is 2.98. The molecule has 0 saturated carbocycles. The number of nitrogens with one attached hydrogen (secondary N) is 1. The maximum atomic E-state index is 12.4. The first-order valence-electron chi connectivity index (χ1n) is 9.77. The summed E-state index contributed by atoms with van der Waals surface area (Å²) in [4.78, 5) is 49.8. The molecule has 0 bridgehead atoms. The highest BCUT2D eigenvalue weighted by Gasteiger charge is 2.38. The summed E-state index contributed by atoms with van der Waals surface area (Å²) in [7, 11) is 0. The van der Waals surface area contributed by atoms with Crippen molar-refractivity contribution >= 4 is 29.3 Å². The zero-order chi connectivity index (χ0) is 21.7. The number of rotatable bonds is 7. The number of Topliss-reactive ketones (excluding diaryl/α,β-unsaturated/α-hetero) is 1. The Morgan fingerprint density at radius 1 is 1.10 bits per heavy atom. The molecule has 7 heteroatoms. The molecule has 0 aliphatic carbocycles. The maximum Gasteiger partial charge on any atom is 0.311 e. The maximum absolute atomic E-state index is 12.4. The Morgan fingerprint density at radius 2 is 1.77 bits per heavy atom. The Morgan fingerprint density at radius 3 is 2.40 bits per heavy atom. The molecule has 3 rings (SSSR count). The molecule has 1 N–H and O–H groups in total. The lowest BCUT2D eigenvalue weighted by Crippen LogP contribution is -2.30. The summed E-state index contributed by atoms with van der Waals surface area (Å²) in [5, 5.41) is 2.62.